The van der Waals surface area contributed by atoms with Crippen molar-refractivity contribution < 1.29 is 18.3 Å². The Labute approximate surface area is 183 Å². The van der Waals surface area contributed by atoms with Gasteiger partial charge in [0, 0.05) is 26.7 Å². The molecule has 0 saturated carbocycles. The molecule has 28 heavy (non-hydrogen) atoms. The third kappa shape index (κ3) is 9.03. The van der Waals surface area contributed by atoms with Crippen molar-refractivity contribution in [2.75, 3.05) is 26.7 Å². The number of rotatable bonds is 9. The van der Waals surface area contributed by atoms with Gasteiger partial charge in [-0.15, -0.1) is 24.0 Å². The number of guanidine groups is 1. The maximum atomic E-state index is 12.2. The molecule has 0 aliphatic carbocycles. The molecule has 2 N–H and O–H groups in total. The number of ether oxygens (including phenoxy) is 1. The maximum Gasteiger partial charge on any atom is 0.387 e. The van der Waals surface area contributed by atoms with Gasteiger partial charge < -0.3 is 20.3 Å². The van der Waals surface area contributed by atoms with Crippen LogP contribution in [-0.2, 0) is 11.3 Å². The highest BCUT2D eigenvalue weighted by atomic mass is 127. The van der Waals surface area contributed by atoms with E-state index in [2.05, 4.69) is 20.4 Å². The highest BCUT2D eigenvalue weighted by Gasteiger charge is 2.27. The van der Waals surface area contributed by atoms with Crippen LogP contribution in [0, 0.1) is 5.41 Å². The first kappa shape index (κ1) is 26.4. The fourth-order valence-corrected chi connectivity index (χ4v) is 2.34. The molecule has 0 aliphatic heterocycles. The summed E-state index contributed by atoms with van der Waals surface area (Å²) in [6.07, 6.45) is 0. The minimum absolute atomic E-state index is 0. The lowest BCUT2D eigenvalue weighted by molar-refractivity contribution is -0.128. The number of alkyl halides is 2. The molecule has 0 aliphatic rings. The van der Waals surface area contributed by atoms with Crippen LogP contribution >= 0.6 is 24.0 Å². The smallest absolute Gasteiger partial charge is 0.387 e. The Morgan fingerprint density at radius 1 is 1.18 bits per heavy atom. The van der Waals surface area contributed by atoms with E-state index in [9.17, 15) is 13.6 Å². The van der Waals surface area contributed by atoms with E-state index in [-0.39, 0.29) is 35.6 Å². The molecule has 0 heterocycles. The quantitative estimate of drug-likeness (QED) is 0.302. The van der Waals surface area contributed by atoms with Gasteiger partial charge >= 0.3 is 6.61 Å². The van der Waals surface area contributed by atoms with Crippen LogP contribution in [0.15, 0.2) is 29.3 Å². The number of nitrogens with zero attached hydrogens (tertiary/aromatic N) is 2. The van der Waals surface area contributed by atoms with Gasteiger partial charge in [-0.05, 0) is 45.4 Å². The van der Waals surface area contributed by atoms with Crippen molar-refractivity contribution in [1.29, 1.82) is 0 Å². The van der Waals surface area contributed by atoms with Gasteiger partial charge in [-0.3, -0.25) is 9.79 Å². The van der Waals surface area contributed by atoms with Gasteiger partial charge in [0.05, 0.1) is 12.0 Å². The number of carbonyl (C=O) groups excluding carboxylic acids is 1. The summed E-state index contributed by atoms with van der Waals surface area (Å²) in [7, 11) is 1.88. The number of halogens is 3. The SMILES string of the molecule is CCNC(=O)C(C)(C)CN=C(NCC)N(C)Cc1ccc(OC(F)F)cc1.I. The second-order valence-corrected chi connectivity index (χ2v) is 6.79. The van der Waals surface area contributed by atoms with Crippen LogP contribution in [0.1, 0.15) is 33.3 Å². The molecule has 9 heteroatoms. The third-order valence-corrected chi connectivity index (χ3v) is 3.84. The van der Waals surface area contributed by atoms with Crippen molar-refractivity contribution in [3.63, 3.8) is 0 Å². The number of carbonyl (C=O) groups is 1. The highest BCUT2D eigenvalue weighted by Crippen LogP contribution is 2.17. The fourth-order valence-electron chi connectivity index (χ4n) is 2.34. The average molecular weight is 512 g/mol. The zero-order valence-electron chi connectivity index (χ0n) is 17.1. The van der Waals surface area contributed by atoms with E-state index in [1.807, 2.05) is 39.6 Å². The second kappa shape index (κ2) is 12.7. The molecule has 0 bridgehead atoms. The Hall–Kier alpha value is -1.65. The molecule has 0 spiro atoms. The number of amides is 1. The van der Waals surface area contributed by atoms with Crippen molar-refractivity contribution in [3.05, 3.63) is 29.8 Å². The van der Waals surface area contributed by atoms with Crippen molar-refractivity contribution >= 4 is 35.8 Å². The molecule has 0 saturated heterocycles. The topological polar surface area (TPSA) is 66.0 Å². The van der Waals surface area contributed by atoms with Crippen LogP contribution in [-0.4, -0.2) is 50.1 Å². The summed E-state index contributed by atoms with van der Waals surface area (Å²) in [4.78, 5) is 18.6. The van der Waals surface area contributed by atoms with E-state index < -0.39 is 12.0 Å². The average Bonchev–Trinajstić information content (AvgIpc) is 2.60. The van der Waals surface area contributed by atoms with Gasteiger partial charge in [0.25, 0.3) is 0 Å². The van der Waals surface area contributed by atoms with Crippen molar-refractivity contribution in [3.8, 4) is 5.75 Å². The first-order chi connectivity index (χ1) is 12.7. The zero-order valence-corrected chi connectivity index (χ0v) is 19.4. The van der Waals surface area contributed by atoms with Gasteiger partial charge in [-0.2, -0.15) is 8.78 Å². The van der Waals surface area contributed by atoms with Crippen LogP contribution in [0.3, 0.4) is 0 Å². The Morgan fingerprint density at radius 3 is 2.25 bits per heavy atom. The molecule has 0 unspecified atom stereocenters. The number of hydrogen-bond donors (Lipinski definition) is 2. The van der Waals surface area contributed by atoms with Crippen LogP contribution < -0.4 is 15.4 Å². The number of benzene rings is 1. The third-order valence-electron chi connectivity index (χ3n) is 3.84. The second-order valence-electron chi connectivity index (χ2n) is 6.79. The molecule has 0 radical (unpaired) electrons. The molecule has 1 rings (SSSR count). The molecule has 1 aromatic rings. The number of hydrogen-bond acceptors (Lipinski definition) is 3. The van der Waals surface area contributed by atoms with Gasteiger partial charge in [0.2, 0.25) is 5.91 Å². The molecule has 1 amide bonds. The van der Waals surface area contributed by atoms with Crippen LogP contribution in [0.5, 0.6) is 5.75 Å². The van der Waals surface area contributed by atoms with Crippen molar-refractivity contribution in [1.82, 2.24) is 15.5 Å². The summed E-state index contributed by atoms with van der Waals surface area (Å²) in [5.41, 5.74) is 0.305. The summed E-state index contributed by atoms with van der Waals surface area (Å²) >= 11 is 0. The van der Waals surface area contributed by atoms with Gasteiger partial charge in [-0.25, -0.2) is 0 Å². The van der Waals surface area contributed by atoms with Crippen LogP contribution in [0.25, 0.3) is 0 Å². The Kier molecular flexibility index (Phi) is 12.0. The van der Waals surface area contributed by atoms with Crippen molar-refractivity contribution in [2.24, 2.45) is 10.4 Å². The van der Waals surface area contributed by atoms with E-state index in [1.54, 1.807) is 12.1 Å². The lowest BCUT2D eigenvalue weighted by Crippen LogP contribution is -2.42. The van der Waals surface area contributed by atoms with E-state index in [0.29, 0.717) is 32.1 Å². The Morgan fingerprint density at radius 2 is 1.75 bits per heavy atom. The molecular weight excluding hydrogens is 481 g/mol. The van der Waals surface area contributed by atoms with E-state index in [0.717, 1.165) is 5.56 Å². The predicted octanol–water partition coefficient (Wildman–Crippen LogP) is 3.47. The normalized spacial score (nSPS) is 11.6. The first-order valence-corrected chi connectivity index (χ1v) is 9.01. The molecular formula is C19H31F2IN4O2. The highest BCUT2D eigenvalue weighted by molar-refractivity contribution is 14.0. The van der Waals surface area contributed by atoms with E-state index >= 15 is 0 Å². The summed E-state index contributed by atoms with van der Waals surface area (Å²) in [6, 6.07) is 6.49. The maximum absolute atomic E-state index is 12.2. The first-order valence-electron chi connectivity index (χ1n) is 9.01. The molecule has 0 fully saturated rings. The minimum atomic E-state index is -2.83. The molecule has 0 atom stereocenters. The standard InChI is InChI=1S/C19H30F2N4O2.HI/c1-6-22-16(26)19(3,4)13-24-18(23-7-2)25(5)12-14-8-10-15(11-9-14)27-17(20)21;/h8-11,17H,6-7,12-13H2,1-5H3,(H,22,26)(H,23,24);1H. The van der Waals surface area contributed by atoms with Crippen LogP contribution in [0.4, 0.5) is 8.78 Å². The summed E-state index contributed by atoms with van der Waals surface area (Å²) in [6.45, 7) is 6.86. The van der Waals surface area contributed by atoms with Gasteiger partial charge in [-0.1, -0.05) is 12.1 Å². The lowest BCUT2D eigenvalue weighted by Gasteiger charge is -2.25. The molecule has 0 aromatic heterocycles. The summed E-state index contributed by atoms with van der Waals surface area (Å²) < 4.78 is 28.8. The molecule has 160 valence electrons. The predicted molar refractivity (Wildman–Crippen MR) is 118 cm³/mol. The van der Waals surface area contributed by atoms with E-state index in [4.69, 9.17) is 0 Å². The monoisotopic (exact) mass is 512 g/mol. The van der Waals surface area contributed by atoms with E-state index in [1.165, 1.54) is 12.1 Å². The van der Waals surface area contributed by atoms with Crippen molar-refractivity contribution in [2.45, 2.75) is 40.9 Å². The zero-order chi connectivity index (χ0) is 20.4. The minimum Gasteiger partial charge on any atom is -0.435 e. The Balaban J connectivity index is 0.00000729. The largest absolute Gasteiger partial charge is 0.435 e. The summed E-state index contributed by atoms with van der Waals surface area (Å²) in [5.74, 6) is 0.755. The number of nitrogens with one attached hydrogen (secondary N) is 2. The lowest BCUT2D eigenvalue weighted by atomic mass is 9.92. The van der Waals surface area contributed by atoms with Gasteiger partial charge in [0.1, 0.15) is 5.75 Å². The van der Waals surface area contributed by atoms with Gasteiger partial charge in [0.15, 0.2) is 5.96 Å². The Bertz CT molecular complexity index is 625. The number of aliphatic imine (C=N–C) groups is 1. The summed E-state index contributed by atoms with van der Waals surface area (Å²) in [5, 5.41) is 6.03. The fraction of sp³-hybridized carbons (Fsp3) is 0.579. The van der Waals surface area contributed by atoms with Crippen LogP contribution in [0.2, 0.25) is 0 Å². The molecule has 1 aromatic carbocycles. The molecule has 6 nitrogen and oxygen atoms in total.